The number of hydrogen-bond acceptors (Lipinski definition) is 4. The highest BCUT2D eigenvalue weighted by Gasteiger charge is 2.40. The van der Waals surface area contributed by atoms with Crippen molar-refractivity contribution in [2.24, 2.45) is 0 Å². The summed E-state index contributed by atoms with van der Waals surface area (Å²) in [6.45, 7) is 0. The number of fused-ring (bicyclic) bond motifs is 1. The van der Waals surface area contributed by atoms with Crippen molar-refractivity contribution in [3.63, 3.8) is 0 Å². The lowest BCUT2D eigenvalue weighted by atomic mass is 9.99. The summed E-state index contributed by atoms with van der Waals surface area (Å²) in [5.74, 6) is -1.90. The molecule has 0 saturated heterocycles. The molecule has 19 heavy (non-hydrogen) atoms. The molecule has 7 heteroatoms. The first-order chi connectivity index (χ1) is 9.08. The summed E-state index contributed by atoms with van der Waals surface area (Å²) in [5.41, 5.74) is 0.658. The zero-order valence-corrected chi connectivity index (χ0v) is 10.8. The van der Waals surface area contributed by atoms with Crippen LogP contribution in [-0.4, -0.2) is 16.7 Å². The average molecular weight is 297 g/mol. The molecule has 5 nitrogen and oxygen atoms in total. The van der Waals surface area contributed by atoms with Gasteiger partial charge in [0.2, 0.25) is 11.7 Å². The van der Waals surface area contributed by atoms with Crippen molar-refractivity contribution >= 4 is 40.6 Å². The number of carbonyl (C=O) groups is 2. The number of carbonyl (C=O) groups excluding carboxylic acids is 2. The fourth-order valence-corrected chi connectivity index (χ4v) is 2.23. The second-order valence-electron chi connectivity index (χ2n) is 3.96. The van der Waals surface area contributed by atoms with Crippen LogP contribution in [0.25, 0.3) is 0 Å². The zero-order chi connectivity index (χ0) is 13.6. The van der Waals surface area contributed by atoms with Crippen LogP contribution in [0.3, 0.4) is 0 Å². The second kappa shape index (κ2) is 4.36. The highest BCUT2D eigenvalue weighted by molar-refractivity contribution is 6.41. The van der Waals surface area contributed by atoms with Gasteiger partial charge in [0.25, 0.3) is 0 Å². The van der Waals surface area contributed by atoms with Crippen molar-refractivity contribution in [2.75, 3.05) is 5.32 Å². The third-order valence-corrected chi connectivity index (χ3v) is 3.46. The Balaban J connectivity index is 2.08. The number of pyridine rings is 1. The molecule has 1 aliphatic rings. The maximum Gasteiger partial charge on any atom is 0.241 e. The number of anilines is 1. The molecule has 2 aromatic rings. The van der Waals surface area contributed by atoms with E-state index in [2.05, 4.69) is 10.3 Å². The first-order valence-electron chi connectivity index (χ1n) is 5.32. The predicted molar refractivity (Wildman–Crippen MR) is 68.7 cm³/mol. The Kier molecular flexibility index (Phi) is 2.80. The minimum absolute atomic E-state index is 0.0501. The lowest BCUT2D eigenvalue weighted by molar-refractivity contribution is -0.116. The van der Waals surface area contributed by atoms with Crippen LogP contribution in [0.2, 0.25) is 10.2 Å². The van der Waals surface area contributed by atoms with Crippen molar-refractivity contribution in [2.45, 2.75) is 5.92 Å². The van der Waals surface area contributed by atoms with Crippen LogP contribution in [0.4, 0.5) is 5.69 Å². The summed E-state index contributed by atoms with van der Waals surface area (Å²) in [4.78, 5) is 28.1. The first-order valence-corrected chi connectivity index (χ1v) is 6.08. The van der Waals surface area contributed by atoms with Crippen LogP contribution in [0.5, 0.6) is 0 Å². The van der Waals surface area contributed by atoms with Crippen LogP contribution in [-0.2, 0) is 4.79 Å². The Morgan fingerprint density at radius 3 is 2.89 bits per heavy atom. The van der Waals surface area contributed by atoms with Gasteiger partial charge in [0.1, 0.15) is 11.1 Å². The van der Waals surface area contributed by atoms with E-state index in [-0.39, 0.29) is 21.6 Å². The van der Waals surface area contributed by atoms with E-state index in [1.807, 2.05) is 0 Å². The molecule has 1 N–H and O–H groups in total. The summed E-state index contributed by atoms with van der Waals surface area (Å²) in [5, 5.41) is 2.82. The minimum Gasteiger partial charge on any atom is -0.461 e. The van der Waals surface area contributed by atoms with Crippen molar-refractivity contribution in [1.82, 2.24) is 4.98 Å². The largest absolute Gasteiger partial charge is 0.461 e. The molecule has 0 aliphatic carbocycles. The SMILES string of the molecule is O=C1Nc2cc(Cl)c(Cl)nc2C1C(=O)c1ccco1. The molecule has 1 unspecified atom stereocenters. The van der Waals surface area contributed by atoms with E-state index in [1.54, 1.807) is 6.07 Å². The van der Waals surface area contributed by atoms with E-state index in [4.69, 9.17) is 27.6 Å². The molecule has 1 amide bonds. The van der Waals surface area contributed by atoms with Gasteiger partial charge in [-0.3, -0.25) is 9.59 Å². The Morgan fingerprint density at radius 2 is 2.21 bits per heavy atom. The number of amides is 1. The molecule has 1 atom stereocenters. The topological polar surface area (TPSA) is 72.2 Å². The third kappa shape index (κ3) is 1.91. The fourth-order valence-electron chi connectivity index (χ4n) is 1.93. The Morgan fingerprint density at radius 1 is 1.42 bits per heavy atom. The van der Waals surface area contributed by atoms with Gasteiger partial charge in [0, 0.05) is 0 Å². The van der Waals surface area contributed by atoms with Crippen molar-refractivity contribution < 1.29 is 14.0 Å². The maximum absolute atomic E-state index is 12.2. The van der Waals surface area contributed by atoms with Gasteiger partial charge in [-0.15, -0.1) is 0 Å². The molecule has 96 valence electrons. The number of hydrogen-bond donors (Lipinski definition) is 1. The first kappa shape index (κ1) is 12.2. The summed E-state index contributed by atoms with van der Waals surface area (Å²) >= 11 is 11.6. The van der Waals surface area contributed by atoms with Crippen LogP contribution >= 0.6 is 23.2 Å². The number of nitrogens with one attached hydrogen (secondary N) is 1. The molecular weight excluding hydrogens is 291 g/mol. The van der Waals surface area contributed by atoms with E-state index in [9.17, 15) is 9.59 Å². The monoisotopic (exact) mass is 296 g/mol. The molecule has 0 bridgehead atoms. The standard InChI is InChI=1S/C12H6Cl2N2O3/c13-5-4-6-9(16-11(5)14)8(12(18)15-6)10(17)7-2-1-3-19-7/h1-4,8H,(H,15,18). The van der Waals surface area contributed by atoms with Crippen LogP contribution in [0, 0.1) is 0 Å². The van der Waals surface area contributed by atoms with Gasteiger partial charge in [-0.25, -0.2) is 4.98 Å². The van der Waals surface area contributed by atoms with Gasteiger partial charge in [-0.1, -0.05) is 23.2 Å². The summed E-state index contributed by atoms with van der Waals surface area (Å²) in [7, 11) is 0. The third-order valence-electron chi connectivity index (χ3n) is 2.78. The highest BCUT2D eigenvalue weighted by Crippen LogP contribution is 2.37. The zero-order valence-electron chi connectivity index (χ0n) is 9.31. The molecular formula is C12H6Cl2N2O3. The fraction of sp³-hybridized carbons (Fsp3) is 0.0833. The molecule has 3 rings (SSSR count). The second-order valence-corrected chi connectivity index (χ2v) is 4.72. The average Bonchev–Trinajstić information content (AvgIpc) is 2.97. The molecule has 0 saturated carbocycles. The van der Waals surface area contributed by atoms with E-state index >= 15 is 0 Å². The summed E-state index contributed by atoms with van der Waals surface area (Å²) < 4.78 is 5.01. The van der Waals surface area contributed by atoms with E-state index < -0.39 is 17.6 Å². The van der Waals surface area contributed by atoms with Gasteiger partial charge in [0.15, 0.2) is 5.76 Å². The molecule has 3 heterocycles. The van der Waals surface area contributed by atoms with Crippen LogP contribution in [0.1, 0.15) is 22.2 Å². The molecule has 0 spiro atoms. The van der Waals surface area contributed by atoms with Crippen molar-refractivity contribution in [3.05, 3.63) is 46.1 Å². The molecule has 1 aliphatic heterocycles. The van der Waals surface area contributed by atoms with E-state index in [1.165, 1.54) is 18.4 Å². The number of Topliss-reactive ketones (excluding diaryl/α,β-unsaturated/α-hetero) is 1. The number of halogens is 2. The van der Waals surface area contributed by atoms with Gasteiger partial charge >= 0.3 is 0 Å². The maximum atomic E-state index is 12.2. The molecule has 2 aromatic heterocycles. The quantitative estimate of drug-likeness (QED) is 0.525. The number of nitrogens with zero attached hydrogens (tertiary/aromatic N) is 1. The van der Waals surface area contributed by atoms with Gasteiger partial charge in [-0.05, 0) is 18.2 Å². The number of aromatic nitrogens is 1. The molecule has 0 radical (unpaired) electrons. The molecule has 0 fully saturated rings. The Hall–Kier alpha value is -1.85. The number of furan rings is 1. The van der Waals surface area contributed by atoms with E-state index in [0.717, 1.165) is 0 Å². The van der Waals surface area contributed by atoms with Crippen molar-refractivity contribution in [1.29, 1.82) is 0 Å². The number of ketones is 1. The van der Waals surface area contributed by atoms with Crippen molar-refractivity contribution in [3.8, 4) is 0 Å². The van der Waals surface area contributed by atoms with Gasteiger partial charge in [0.05, 0.1) is 22.7 Å². The predicted octanol–water partition coefficient (Wildman–Crippen LogP) is 2.90. The summed E-state index contributed by atoms with van der Waals surface area (Å²) in [6.07, 6.45) is 1.36. The molecule has 0 aromatic carbocycles. The number of rotatable bonds is 2. The smallest absolute Gasteiger partial charge is 0.241 e. The van der Waals surface area contributed by atoms with Gasteiger partial charge in [-0.2, -0.15) is 0 Å². The normalized spacial score (nSPS) is 17.2. The van der Waals surface area contributed by atoms with E-state index in [0.29, 0.717) is 5.69 Å². The highest BCUT2D eigenvalue weighted by atomic mass is 35.5. The minimum atomic E-state index is -1.06. The van der Waals surface area contributed by atoms with Crippen LogP contribution in [0.15, 0.2) is 28.9 Å². The Labute approximate surface area is 117 Å². The Bertz CT molecular complexity index is 683. The van der Waals surface area contributed by atoms with Gasteiger partial charge < -0.3 is 9.73 Å². The summed E-state index contributed by atoms with van der Waals surface area (Å²) in [6, 6.07) is 4.54. The lowest BCUT2D eigenvalue weighted by Gasteiger charge is -2.05. The lowest BCUT2D eigenvalue weighted by Crippen LogP contribution is -2.21. The van der Waals surface area contributed by atoms with Crippen LogP contribution < -0.4 is 5.32 Å².